The van der Waals surface area contributed by atoms with Gasteiger partial charge in [-0.1, -0.05) is 50.5 Å². The van der Waals surface area contributed by atoms with E-state index in [4.69, 9.17) is 16.0 Å². The Labute approximate surface area is 175 Å². The first-order chi connectivity index (χ1) is 13.3. The average molecular weight is 409 g/mol. The lowest BCUT2D eigenvalue weighted by molar-refractivity contribution is -0.127. The zero-order valence-electron chi connectivity index (χ0n) is 17.9. The number of halogens is 1. The molecule has 28 heavy (non-hydrogen) atoms. The van der Waals surface area contributed by atoms with Gasteiger partial charge in [0.15, 0.2) is 5.78 Å². The summed E-state index contributed by atoms with van der Waals surface area (Å²) in [6.45, 7) is 8.13. The fourth-order valence-corrected chi connectivity index (χ4v) is 3.35. The van der Waals surface area contributed by atoms with E-state index in [-0.39, 0.29) is 11.7 Å². The maximum Gasteiger partial charge on any atom is 0.163 e. The normalized spacial score (nSPS) is 16.9. The lowest BCUT2D eigenvalue weighted by atomic mass is 9.93. The third kappa shape index (κ3) is 10.9. The molecule has 3 nitrogen and oxygen atoms in total. The molecule has 1 aromatic heterocycles. The van der Waals surface area contributed by atoms with Crippen LogP contribution in [-0.2, 0) is 11.2 Å². The molecule has 1 N–H and O–H groups in total. The average Bonchev–Trinajstić information content (AvgIpc) is 3.14. The van der Waals surface area contributed by atoms with E-state index in [1.54, 1.807) is 13.2 Å². The van der Waals surface area contributed by atoms with E-state index in [9.17, 15) is 9.90 Å². The first-order valence-electron chi connectivity index (χ1n) is 10.5. The number of Topliss-reactive ketones (excluding diaryl/α,β-unsaturated/α-hetero) is 1. The molecule has 0 aliphatic rings. The zero-order valence-corrected chi connectivity index (χ0v) is 18.6. The van der Waals surface area contributed by atoms with E-state index in [0.717, 1.165) is 38.5 Å². The van der Waals surface area contributed by atoms with Crippen LogP contribution in [0.2, 0.25) is 0 Å². The first-order valence-corrected chi connectivity index (χ1v) is 10.9. The van der Waals surface area contributed by atoms with Gasteiger partial charge in [-0.2, -0.15) is 0 Å². The molecule has 0 amide bonds. The van der Waals surface area contributed by atoms with E-state index in [0.29, 0.717) is 12.3 Å². The molecule has 0 radical (unpaired) electrons. The van der Waals surface area contributed by atoms with E-state index < -0.39 is 11.5 Å². The quantitative estimate of drug-likeness (QED) is 0.282. The molecule has 158 valence electrons. The number of hydrogen-bond donors (Lipinski definition) is 1. The van der Waals surface area contributed by atoms with Crippen molar-refractivity contribution in [1.29, 1.82) is 0 Å². The predicted octanol–water partition coefficient (Wildman–Crippen LogP) is 6.49. The standard InChI is InChI=1S/C24H37ClO3/c1-18(10-6-12-20(3)16-23(26)24(27)21(4)25)8-5-9-19(2)11-7-13-22-14-15-28-17-22/h5,8-9,14-15,17-18,20-21,24,27H,6-7,10-13,16H2,1-4H3/b8-5+,19-9+. The Hall–Kier alpha value is -1.32. The predicted molar refractivity (Wildman–Crippen MR) is 118 cm³/mol. The lowest BCUT2D eigenvalue weighted by Gasteiger charge is -2.16. The molecule has 0 saturated heterocycles. The van der Waals surface area contributed by atoms with Gasteiger partial charge in [0.25, 0.3) is 0 Å². The summed E-state index contributed by atoms with van der Waals surface area (Å²) in [6.07, 6.45) is 16.0. The highest BCUT2D eigenvalue weighted by atomic mass is 35.5. The molecule has 4 atom stereocenters. The number of aliphatic hydroxyl groups excluding tert-OH is 1. The maximum atomic E-state index is 11.9. The smallest absolute Gasteiger partial charge is 0.163 e. The molecule has 0 spiro atoms. The van der Waals surface area contributed by atoms with Crippen molar-refractivity contribution in [3.05, 3.63) is 48.0 Å². The van der Waals surface area contributed by atoms with Crippen molar-refractivity contribution in [3.8, 4) is 0 Å². The Balaban J connectivity index is 2.18. The van der Waals surface area contributed by atoms with Crippen LogP contribution in [0.15, 0.2) is 46.8 Å². The number of hydrogen-bond acceptors (Lipinski definition) is 3. The van der Waals surface area contributed by atoms with Crippen LogP contribution in [0.25, 0.3) is 0 Å². The summed E-state index contributed by atoms with van der Waals surface area (Å²) in [4.78, 5) is 11.9. The van der Waals surface area contributed by atoms with Gasteiger partial charge >= 0.3 is 0 Å². The minimum atomic E-state index is -1.04. The monoisotopic (exact) mass is 408 g/mol. The number of rotatable bonds is 14. The van der Waals surface area contributed by atoms with Crippen LogP contribution in [-0.4, -0.2) is 22.4 Å². The molecule has 0 aliphatic heterocycles. The van der Waals surface area contributed by atoms with Crippen molar-refractivity contribution < 1.29 is 14.3 Å². The van der Waals surface area contributed by atoms with Gasteiger partial charge in [0.05, 0.1) is 17.9 Å². The molecule has 1 rings (SSSR count). The number of allylic oxidation sites excluding steroid dienone is 4. The molecule has 1 heterocycles. The SMILES string of the molecule is C/C(=C\C=C\C(C)CCCC(C)CC(=O)C(O)C(C)Cl)CCCc1ccoc1. The van der Waals surface area contributed by atoms with Crippen molar-refractivity contribution in [2.45, 2.75) is 84.1 Å². The summed E-state index contributed by atoms with van der Waals surface area (Å²) in [5, 5.41) is 9.18. The Morgan fingerprint density at radius 3 is 2.64 bits per heavy atom. The number of alkyl halides is 1. The van der Waals surface area contributed by atoms with Crippen LogP contribution in [0.5, 0.6) is 0 Å². The molecule has 4 heteroatoms. The Bertz CT molecular complexity index is 601. The molecule has 1 aromatic rings. The second-order valence-electron chi connectivity index (χ2n) is 8.19. The molecule has 0 fully saturated rings. The highest BCUT2D eigenvalue weighted by Crippen LogP contribution is 2.18. The number of aryl methyl sites for hydroxylation is 1. The third-order valence-corrected chi connectivity index (χ3v) is 5.35. The van der Waals surface area contributed by atoms with Gasteiger partial charge < -0.3 is 9.52 Å². The third-order valence-electron chi connectivity index (χ3n) is 5.11. The highest BCUT2D eigenvalue weighted by Gasteiger charge is 2.21. The van der Waals surface area contributed by atoms with Gasteiger partial charge in [0, 0.05) is 6.42 Å². The Morgan fingerprint density at radius 1 is 1.25 bits per heavy atom. The molecular formula is C24H37ClO3. The summed E-state index contributed by atoms with van der Waals surface area (Å²) in [7, 11) is 0. The van der Waals surface area contributed by atoms with Gasteiger partial charge in [0.1, 0.15) is 6.10 Å². The number of ketones is 1. The maximum absolute atomic E-state index is 11.9. The fourth-order valence-electron chi connectivity index (χ4n) is 3.21. The summed E-state index contributed by atoms with van der Waals surface area (Å²) < 4.78 is 5.09. The second-order valence-corrected chi connectivity index (χ2v) is 8.88. The molecule has 0 aromatic carbocycles. The fraction of sp³-hybridized carbons (Fsp3) is 0.625. The first kappa shape index (κ1) is 24.7. The number of carbonyl (C=O) groups excluding carboxylic acids is 1. The largest absolute Gasteiger partial charge is 0.472 e. The highest BCUT2D eigenvalue weighted by molar-refractivity contribution is 6.22. The van der Waals surface area contributed by atoms with E-state index in [1.165, 1.54) is 11.1 Å². The molecule has 4 unspecified atom stereocenters. The van der Waals surface area contributed by atoms with Crippen LogP contribution in [0, 0.1) is 11.8 Å². The summed E-state index contributed by atoms with van der Waals surface area (Å²) in [6, 6.07) is 2.03. The lowest BCUT2D eigenvalue weighted by Crippen LogP contribution is -2.29. The van der Waals surface area contributed by atoms with Crippen LogP contribution in [0.4, 0.5) is 0 Å². The number of furan rings is 1. The van der Waals surface area contributed by atoms with Crippen LogP contribution in [0.3, 0.4) is 0 Å². The minimum absolute atomic E-state index is 0.142. The van der Waals surface area contributed by atoms with E-state index in [1.807, 2.05) is 12.3 Å². The molecular weight excluding hydrogens is 372 g/mol. The summed E-state index contributed by atoms with van der Waals surface area (Å²) >= 11 is 5.79. The van der Waals surface area contributed by atoms with Gasteiger partial charge in [-0.25, -0.2) is 0 Å². The van der Waals surface area contributed by atoms with Crippen LogP contribution >= 0.6 is 11.6 Å². The summed E-state index contributed by atoms with van der Waals surface area (Å²) in [5.74, 6) is 0.661. The van der Waals surface area contributed by atoms with Gasteiger partial charge in [-0.3, -0.25) is 4.79 Å². The van der Waals surface area contributed by atoms with Crippen molar-refractivity contribution in [1.82, 2.24) is 0 Å². The van der Waals surface area contributed by atoms with Crippen LogP contribution in [0.1, 0.15) is 71.8 Å². The van der Waals surface area contributed by atoms with Gasteiger partial charge in [0.2, 0.25) is 0 Å². The molecule has 0 aliphatic carbocycles. The van der Waals surface area contributed by atoms with Crippen molar-refractivity contribution in [2.24, 2.45) is 11.8 Å². The Morgan fingerprint density at radius 2 is 2.00 bits per heavy atom. The molecule has 0 saturated carbocycles. The van der Waals surface area contributed by atoms with Crippen molar-refractivity contribution >= 4 is 17.4 Å². The van der Waals surface area contributed by atoms with Crippen LogP contribution < -0.4 is 0 Å². The second kappa shape index (κ2) is 13.8. The summed E-state index contributed by atoms with van der Waals surface area (Å²) in [5.41, 5.74) is 2.66. The van der Waals surface area contributed by atoms with Crippen molar-refractivity contribution in [3.63, 3.8) is 0 Å². The van der Waals surface area contributed by atoms with E-state index >= 15 is 0 Å². The van der Waals surface area contributed by atoms with Gasteiger partial charge in [-0.05, 0) is 63.0 Å². The zero-order chi connectivity index (χ0) is 20.9. The number of carbonyl (C=O) groups is 1. The van der Waals surface area contributed by atoms with Crippen molar-refractivity contribution in [2.75, 3.05) is 0 Å². The minimum Gasteiger partial charge on any atom is -0.472 e. The Kier molecular flexibility index (Phi) is 12.2. The number of aliphatic hydroxyl groups is 1. The van der Waals surface area contributed by atoms with Gasteiger partial charge in [-0.15, -0.1) is 11.6 Å². The van der Waals surface area contributed by atoms with E-state index in [2.05, 4.69) is 39.0 Å². The molecule has 0 bridgehead atoms. The topological polar surface area (TPSA) is 50.4 Å².